The predicted octanol–water partition coefficient (Wildman–Crippen LogP) is 9.04. The number of carboxylic acid groups (broad SMARTS) is 2. The minimum Gasteiger partial charge on any atom is -0.465 e. The molecule has 2 saturated carbocycles. The third-order valence-corrected chi connectivity index (χ3v) is 13.9. The largest absolute Gasteiger partial charge is 0.465 e. The Labute approximate surface area is 415 Å². The van der Waals surface area contributed by atoms with E-state index in [0.717, 1.165) is 88.2 Å². The molecule has 0 unspecified atom stereocenters. The first-order valence-electron chi connectivity index (χ1n) is 24.0. The summed E-state index contributed by atoms with van der Waals surface area (Å²) in [4.78, 5) is 67.6. The maximum absolute atomic E-state index is 15.5. The standard InChI is InChI=1S/2C24H30ClFN6O3/c2*25-23-28-20(30-31-22(33)17(14-27-24(34)35)13-15-7-4-5-8-15)19(26)21(29-23)32-12-6-11-18(32)16-9-2-1-3-10-16/h2*1-3,9-10,15,17-18,27H,4-8,11-14H2,(H,31,33)(H,34,35)(H,28,29,30)/t2*17-,18+/m11/s1. The Bertz CT molecular complexity index is 2240. The van der Waals surface area contributed by atoms with Crippen molar-refractivity contribution in [1.82, 2.24) is 41.4 Å². The van der Waals surface area contributed by atoms with Crippen LogP contribution in [0.3, 0.4) is 0 Å². The molecule has 4 aliphatic rings. The molecule has 0 bridgehead atoms. The van der Waals surface area contributed by atoms with Gasteiger partial charge in [0.25, 0.3) is 0 Å². The second-order valence-electron chi connectivity index (χ2n) is 18.2. The minimum absolute atomic E-state index is 0.0237. The maximum Gasteiger partial charge on any atom is 0.404 e. The highest BCUT2D eigenvalue weighted by Crippen LogP contribution is 2.40. The van der Waals surface area contributed by atoms with Gasteiger partial charge in [0.05, 0.1) is 23.9 Å². The summed E-state index contributed by atoms with van der Waals surface area (Å²) < 4.78 is 31.0. The molecule has 8 N–H and O–H groups in total. The second-order valence-corrected chi connectivity index (χ2v) is 18.9. The van der Waals surface area contributed by atoms with Crippen molar-refractivity contribution in [3.05, 3.63) is 94.0 Å². The van der Waals surface area contributed by atoms with E-state index in [9.17, 15) is 19.2 Å². The average molecular weight is 1010 g/mol. The van der Waals surface area contributed by atoms with Crippen LogP contribution in [0.5, 0.6) is 0 Å². The van der Waals surface area contributed by atoms with Gasteiger partial charge in [-0.3, -0.25) is 31.3 Å². The fraction of sp³-hybridized carbons (Fsp3) is 0.500. The Hall–Kier alpha value is -6.28. The average Bonchev–Trinajstić information content (AvgIpc) is 4.22. The number of benzene rings is 2. The van der Waals surface area contributed by atoms with Crippen LogP contribution in [0.4, 0.5) is 41.6 Å². The summed E-state index contributed by atoms with van der Waals surface area (Å²) in [6.45, 7) is 1.17. The first-order chi connectivity index (χ1) is 33.8. The van der Waals surface area contributed by atoms with Gasteiger partial charge in [-0.25, -0.2) is 9.59 Å². The number of nitrogens with one attached hydrogen (secondary N) is 6. The fourth-order valence-electron chi connectivity index (χ4n) is 10.2. The third-order valence-electron chi connectivity index (χ3n) is 13.6. The van der Waals surface area contributed by atoms with Crippen LogP contribution in [0.2, 0.25) is 10.6 Å². The number of carbonyl (C=O) groups is 4. The zero-order valence-electron chi connectivity index (χ0n) is 38.7. The minimum atomic E-state index is -1.20. The lowest BCUT2D eigenvalue weighted by molar-refractivity contribution is -0.125. The molecule has 4 fully saturated rings. The Balaban J connectivity index is 0.000000206. The maximum atomic E-state index is 15.5. The third kappa shape index (κ3) is 13.9. The van der Waals surface area contributed by atoms with Gasteiger partial charge in [0.2, 0.25) is 34.0 Å². The van der Waals surface area contributed by atoms with Gasteiger partial charge < -0.3 is 30.6 Å². The zero-order valence-corrected chi connectivity index (χ0v) is 40.2. The van der Waals surface area contributed by atoms with Crippen LogP contribution in [0.25, 0.3) is 0 Å². The van der Waals surface area contributed by atoms with E-state index >= 15 is 8.78 Å². The van der Waals surface area contributed by atoms with Crippen molar-refractivity contribution in [1.29, 1.82) is 0 Å². The van der Waals surface area contributed by atoms with Gasteiger partial charge in [-0.2, -0.15) is 28.7 Å². The van der Waals surface area contributed by atoms with Gasteiger partial charge in [-0.05, 0) is 84.7 Å². The Morgan fingerprint density at radius 2 is 0.943 bits per heavy atom. The van der Waals surface area contributed by atoms with E-state index in [1.54, 1.807) is 0 Å². The number of amides is 4. The Kier molecular flexibility index (Phi) is 18.4. The molecule has 4 aromatic rings. The van der Waals surface area contributed by atoms with Crippen molar-refractivity contribution in [2.75, 3.05) is 46.8 Å². The SMILES string of the molecule is O=C(O)NC[C@@H](CC1CCCC1)C(=O)NNc1nc(Cl)nc(N2CCC[C@H]2c2ccccc2)c1F.O=C(O)NC[C@@H](CC1CCCC1)C(=O)NNc1nc(Cl)nc(N2CCC[C@H]2c2ccccc2)c1F. The lowest BCUT2D eigenvalue weighted by Gasteiger charge is -2.27. The topological polar surface area (TPSA) is 239 Å². The highest BCUT2D eigenvalue weighted by Gasteiger charge is 2.34. The normalized spacial score (nSPS) is 18.9. The van der Waals surface area contributed by atoms with Crippen molar-refractivity contribution >= 4 is 70.5 Å². The molecule has 2 aromatic heterocycles. The number of nitrogens with zero attached hydrogens (tertiary/aromatic N) is 6. The van der Waals surface area contributed by atoms with Gasteiger partial charge in [-0.15, -0.1) is 0 Å². The van der Waals surface area contributed by atoms with E-state index < -0.39 is 47.5 Å². The molecule has 376 valence electrons. The smallest absolute Gasteiger partial charge is 0.404 e. The first-order valence-corrected chi connectivity index (χ1v) is 24.7. The van der Waals surface area contributed by atoms with Crippen molar-refractivity contribution in [2.24, 2.45) is 23.7 Å². The Morgan fingerprint density at radius 3 is 1.30 bits per heavy atom. The van der Waals surface area contributed by atoms with Gasteiger partial charge in [0.1, 0.15) is 0 Å². The van der Waals surface area contributed by atoms with Crippen LogP contribution in [0.1, 0.15) is 113 Å². The summed E-state index contributed by atoms with van der Waals surface area (Å²) in [6, 6.07) is 19.5. The summed E-state index contributed by atoms with van der Waals surface area (Å²) in [7, 11) is 0. The van der Waals surface area contributed by atoms with Crippen molar-refractivity contribution in [3.8, 4) is 0 Å². The molecule has 4 amide bonds. The van der Waals surface area contributed by atoms with Crippen LogP contribution in [0, 0.1) is 35.3 Å². The van der Waals surface area contributed by atoms with Crippen LogP contribution in [-0.2, 0) is 9.59 Å². The second kappa shape index (κ2) is 25.0. The number of halogens is 4. The molecule has 4 atom stereocenters. The van der Waals surface area contributed by atoms with Gasteiger partial charge in [0.15, 0.2) is 23.3 Å². The molecular weight excluding hydrogens is 950 g/mol. The summed E-state index contributed by atoms with van der Waals surface area (Å²) in [5.74, 6) is -3.10. The van der Waals surface area contributed by atoms with E-state index in [4.69, 9.17) is 33.4 Å². The summed E-state index contributed by atoms with van der Waals surface area (Å²) in [5, 5.41) is 22.2. The molecule has 2 aliphatic carbocycles. The van der Waals surface area contributed by atoms with E-state index in [1.807, 2.05) is 70.5 Å². The number of aromatic nitrogens is 4. The highest BCUT2D eigenvalue weighted by atomic mass is 35.5. The molecule has 2 saturated heterocycles. The van der Waals surface area contributed by atoms with E-state index in [1.165, 1.54) is 0 Å². The molecule has 0 spiro atoms. The highest BCUT2D eigenvalue weighted by molar-refractivity contribution is 6.28. The number of hydrogen-bond acceptors (Lipinski definition) is 12. The summed E-state index contributed by atoms with van der Waals surface area (Å²) in [5.41, 5.74) is 12.2. The number of rotatable bonds is 18. The van der Waals surface area contributed by atoms with Crippen LogP contribution in [-0.4, -0.2) is 80.3 Å². The van der Waals surface area contributed by atoms with Gasteiger partial charge in [0, 0.05) is 26.2 Å². The van der Waals surface area contributed by atoms with Crippen LogP contribution >= 0.6 is 23.2 Å². The number of carbonyl (C=O) groups excluding carboxylic acids is 2. The van der Waals surface area contributed by atoms with E-state index in [-0.39, 0.29) is 59.0 Å². The number of hydrazine groups is 2. The molecule has 2 aliphatic heterocycles. The van der Waals surface area contributed by atoms with Crippen LogP contribution < -0.4 is 42.1 Å². The Morgan fingerprint density at radius 1 is 0.571 bits per heavy atom. The van der Waals surface area contributed by atoms with Crippen molar-refractivity contribution < 1.29 is 38.2 Å². The van der Waals surface area contributed by atoms with Crippen LogP contribution in [0.15, 0.2) is 60.7 Å². The number of hydrogen-bond donors (Lipinski definition) is 8. The molecule has 4 heterocycles. The van der Waals surface area contributed by atoms with Crippen molar-refractivity contribution in [2.45, 2.75) is 102 Å². The number of anilines is 4. The lowest BCUT2D eigenvalue weighted by Crippen LogP contribution is -2.42. The van der Waals surface area contributed by atoms with E-state index in [2.05, 4.69) is 52.3 Å². The molecule has 0 radical (unpaired) electrons. The lowest BCUT2D eigenvalue weighted by atomic mass is 9.92. The quantitative estimate of drug-likeness (QED) is 0.0343. The monoisotopic (exact) mass is 1010 g/mol. The molecule has 18 nitrogen and oxygen atoms in total. The van der Waals surface area contributed by atoms with Gasteiger partial charge >= 0.3 is 12.2 Å². The predicted molar refractivity (Wildman–Crippen MR) is 261 cm³/mol. The van der Waals surface area contributed by atoms with Gasteiger partial charge in [-0.1, -0.05) is 112 Å². The molecular formula is C48H60Cl2F2N12O6. The molecule has 70 heavy (non-hydrogen) atoms. The molecule has 22 heteroatoms. The van der Waals surface area contributed by atoms with Crippen molar-refractivity contribution in [3.63, 3.8) is 0 Å². The summed E-state index contributed by atoms with van der Waals surface area (Å²) in [6.07, 6.45) is 10.7. The zero-order chi connectivity index (χ0) is 49.6. The molecule has 2 aromatic carbocycles. The van der Waals surface area contributed by atoms with E-state index in [0.29, 0.717) is 37.8 Å². The molecule has 8 rings (SSSR count). The first kappa shape index (κ1) is 51.6. The fourth-order valence-corrected chi connectivity index (χ4v) is 10.5. The summed E-state index contributed by atoms with van der Waals surface area (Å²) >= 11 is 12.3.